The summed E-state index contributed by atoms with van der Waals surface area (Å²) in [6.07, 6.45) is 12.7. The van der Waals surface area contributed by atoms with Crippen LogP contribution in [-0.2, 0) is 0 Å². The molecule has 0 heteroatoms. The molecule has 116 valence electrons. The van der Waals surface area contributed by atoms with Gasteiger partial charge in [0.25, 0.3) is 0 Å². The first kappa shape index (κ1) is 19.0. The molecule has 0 bridgehead atoms. The Morgan fingerprint density at radius 3 is 1.79 bits per heavy atom. The molecule has 0 saturated carbocycles. The molecule has 0 saturated heterocycles. The van der Waals surface area contributed by atoms with Crippen molar-refractivity contribution in [3.63, 3.8) is 0 Å². The first-order chi connectivity index (χ1) is 9.10. The summed E-state index contributed by atoms with van der Waals surface area (Å²) in [4.78, 5) is 0. The van der Waals surface area contributed by atoms with Crippen LogP contribution in [0.25, 0.3) is 0 Å². The van der Waals surface area contributed by atoms with Crippen molar-refractivity contribution in [2.45, 2.75) is 99.3 Å². The van der Waals surface area contributed by atoms with Gasteiger partial charge < -0.3 is 0 Å². The smallest absolute Gasteiger partial charge is 0.0363 e. The van der Waals surface area contributed by atoms with Crippen molar-refractivity contribution < 1.29 is 0 Å². The SMILES string of the molecule is CCCCC(C)C(CCC(CC)CCC)C(C)CC. The van der Waals surface area contributed by atoms with Crippen LogP contribution < -0.4 is 0 Å². The Morgan fingerprint density at radius 1 is 0.632 bits per heavy atom. The van der Waals surface area contributed by atoms with E-state index in [9.17, 15) is 0 Å². The summed E-state index contributed by atoms with van der Waals surface area (Å²) < 4.78 is 0. The predicted octanol–water partition coefficient (Wildman–Crippen LogP) is 7.08. The third-order valence-electron chi connectivity index (χ3n) is 5.30. The van der Waals surface area contributed by atoms with Gasteiger partial charge in [-0.2, -0.15) is 0 Å². The molecular formula is C19H40. The van der Waals surface area contributed by atoms with Crippen LogP contribution in [0.1, 0.15) is 99.3 Å². The van der Waals surface area contributed by atoms with Crippen molar-refractivity contribution in [2.24, 2.45) is 23.7 Å². The van der Waals surface area contributed by atoms with E-state index in [2.05, 4.69) is 41.5 Å². The molecule has 0 aromatic heterocycles. The second-order valence-electron chi connectivity index (χ2n) is 6.81. The van der Waals surface area contributed by atoms with Crippen molar-refractivity contribution in [1.82, 2.24) is 0 Å². The predicted molar refractivity (Wildman–Crippen MR) is 89.6 cm³/mol. The number of rotatable bonds is 12. The zero-order chi connectivity index (χ0) is 14.7. The van der Waals surface area contributed by atoms with Gasteiger partial charge >= 0.3 is 0 Å². The highest BCUT2D eigenvalue weighted by Gasteiger charge is 2.23. The summed E-state index contributed by atoms with van der Waals surface area (Å²) in [7, 11) is 0. The summed E-state index contributed by atoms with van der Waals surface area (Å²) in [5.74, 6) is 3.78. The Kier molecular flexibility index (Phi) is 11.8. The first-order valence-corrected chi connectivity index (χ1v) is 9.10. The van der Waals surface area contributed by atoms with Crippen LogP contribution in [0.3, 0.4) is 0 Å². The fourth-order valence-electron chi connectivity index (χ4n) is 3.56. The lowest BCUT2D eigenvalue weighted by Crippen LogP contribution is -2.21. The van der Waals surface area contributed by atoms with Crippen molar-refractivity contribution in [3.8, 4) is 0 Å². The summed E-state index contributed by atoms with van der Waals surface area (Å²) >= 11 is 0. The monoisotopic (exact) mass is 268 g/mol. The van der Waals surface area contributed by atoms with Gasteiger partial charge in [0.1, 0.15) is 0 Å². The molecule has 0 radical (unpaired) electrons. The first-order valence-electron chi connectivity index (χ1n) is 9.10. The molecule has 4 atom stereocenters. The van der Waals surface area contributed by atoms with E-state index >= 15 is 0 Å². The maximum Gasteiger partial charge on any atom is -0.0363 e. The van der Waals surface area contributed by atoms with E-state index in [0.29, 0.717) is 0 Å². The molecule has 0 aromatic carbocycles. The molecule has 4 unspecified atom stereocenters. The molecule has 0 heterocycles. The number of hydrogen-bond acceptors (Lipinski definition) is 0. The zero-order valence-electron chi connectivity index (χ0n) is 14.7. The minimum atomic E-state index is 0.908. The fourth-order valence-corrected chi connectivity index (χ4v) is 3.56. The van der Waals surface area contributed by atoms with Crippen molar-refractivity contribution in [2.75, 3.05) is 0 Å². The van der Waals surface area contributed by atoms with E-state index in [4.69, 9.17) is 0 Å². The maximum atomic E-state index is 2.51. The summed E-state index contributed by atoms with van der Waals surface area (Å²) in [5, 5.41) is 0. The Balaban J connectivity index is 4.33. The Morgan fingerprint density at radius 2 is 1.32 bits per heavy atom. The van der Waals surface area contributed by atoms with Gasteiger partial charge in [0.2, 0.25) is 0 Å². The highest BCUT2D eigenvalue weighted by molar-refractivity contribution is 4.73. The molecule has 0 aliphatic rings. The molecule has 0 N–H and O–H groups in total. The van der Waals surface area contributed by atoms with Crippen LogP contribution in [0.2, 0.25) is 0 Å². The molecular weight excluding hydrogens is 228 g/mol. The van der Waals surface area contributed by atoms with Gasteiger partial charge in [0.15, 0.2) is 0 Å². The average Bonchev–Trinajstić information content (AvgIpc) is 2.43. The Bertz CT molecular complexity index is 184. The summed E-state index contributed by atoms with van der Waals surface area (Å²) in [5.41, 5.74) is 0. The summed E-state index contributed by atoms with van der Waals surface area (Å²) in [6, 6.07) is 0. The van der Waals surface area contributed by atoms with Crippen LogP contribution in [0.4, 0.5) is 0 Å². The Labute approximate surface area is 123 Å². The lowest BCUT2D eigenvalue weighted by molar-refractivity contribution is 0.201. The topological polar surface area (TPSA) is 0 Å². The van der Waals surface area contributed by atoms with Gasteiger partial charge in [0.05, 0.1) is 0 Å². The van der Waals surface area contributed by atoms with Crippen molar-refractivity contribution in [1.29, 1.82) is 0 Å². The second kappa shape index (κ2) is 11.8. The maximum absolute atomic E-state index is 2.51. The molecule has 0 nitrogen and oxygen atoms in total. The zero-order valence-corrected chi connectivity index (χ0v) is 14.7. The molecule has 0 rings (SSSR count). The van der Waals surface area contributed by atoms with Crippen LogP contribution in [0.5, 0.6) is 0 Å². The molecule has 19 heavy (non-hydrogen) atoms. The van der Waals surface area contributed by atoms with E-state index in [1.54, 1.807) is 0 Å². The van der Waals surface area contributed by atoms with E-state index in [1.807, 2.05) is 0 Å². The standard InChI is InChI=1S/C19H40/c1-7-11-13-17(6)19(16(5)9-3)15-14-18(10-4)12-8-2/h16-19H,7-15H2,1-6H3. The lowest BCUT2D eigenvalue weighted by atomic mass is 9.75. The van der Waals surface area contributed by atoms with Gasteiger partial charge in [-0.15, -0.1) is 0 Å². The largest absolute Gasteiger partial charge is 0.0654 e. The van der Waals surface area contributed by atoms with Gasteiger partial charge in [0, 0.05) is 0 Å². The fraction of sp³-hybridized carbons (Fsp3) is 1.00. The third kappa shape index (κ3) is 8.00. The number of hydrogen-bond donors (Lipinski definition) is 0. The minimum Gasteiger partial charge on any atom is -0.0654 e. The highest BCUT2D eigenvalue weighted by atomic mass is 14.3. The molecule has 0 spiro atoms. The van der Waals surface area contributed by atoms with Crippen LogP contribution >= 0.6 is 0 Å². The Hall–Kier alpha value is 0. The van der Waals surface area contributed by atoms with Crippen molar-refractivity contribution in [3.05, 3.63) is 0 Å². The van der Waals surface area contributed by atoms with Crippen LogP contribution in [0.15, 0.2) is 0 Å². The van der Waals surface area contributed by atoms with E-state index in [1.165, 1.54) is 57.8 Å². The van der Waals surface area contributed by atoms with Gasteiger partial charge in [-0.3, -0.25) is 0 Å². The molecule has 0 aromatic rings. The van der Waals surface area contributed by atoms with Crippen molar-refractivity contribution >= 4 is 0 Å². The molecule has 0 aliphatic carbocycles. The average molecular weight is 269 g/mol. The quantitative estimate of drug-likeness (QED) is 0.354. The summed E-state index contributed by atoms with van der Waals surface area (Å²) in [6.45, 7) is 14.4. The van der Waals surface area contributed by atoms with Gasteiger partial charge in [-0.25, -0.2) is 0 Å². The third-order valence-corrected chi connectivity index (χ3v) is 5.30. The second-order valence-corrected chi connectivity index (χ2v) is 6.81. The van der Waals surface area contributed by atoms with Gasteiger partial charge in [-0.1, -0.05) is 92.9 Å². The highest BCUT2D eigenvalue weighted by Crippen LogP contribution is 2.33. The molecule has 0 aliphatic heterocycles. The van der Waals surface area contributed by atoms with Crippen LogP contribution in [0, 0.1) is 23.7 Å². The minimum absolute atomic E-state index is 0.908. The lowest BCUT2D eigenvalue weighted by Gasteiger charge is -2.30. The van der Waals surface area contributed by atoms with E-state index < -0.39 is 0 Å². The van der Waals surface area contributed by atoms with E-state index in [0.717, 1.165) is 23.7 Å². The molecule has 0 fully saturated rings. The van der Waals surface area contributed by atoms with E-state index in [-0.39, 0.29) is 0 Å². The van der Waals surface area contributed by atoms with Crippen LogP contribution in [-0.4, -0.2) is 0 Å². The molecule has 0 amide bonds. The van der Waals surface area contributed by atoms with Gasteiger partial charge in [-0.05, 0) is 30.1 Å². The normalized spacial score (nSPS) is 18.0. The number of unbranched alkanes of at least 4 members (excludes halogenated alkanes) is 1.